The van der Waals surface area contributed by atoms with Gasteiger partial charge in [0.2, 0.25) is 0 Å². The molecule has 2 N–H and O–H groups in total. The van der Waals surface area contributed by atoms with Crippen LogP contribution in [0, 0.1) is 5.92 Å². The van der Waals surface area contributed by atoms with Crippen LogP contribution in [0.15, 0.2) is 12.3 Å². The van der Waals surface area contributed by atoms with Crippen LogP contribution in [0.25, 0.3) is 0 Å². The van der Waals surface area contributed by atoms with Crippen molar-refractivity contribution in [1.29, 1.82) is 0 Å². The zero-order chi connectivity index (χ0) is 12.3. The molecule has 96 valence electrons. The fourth-order valence-electron chi connectivity index (χ4n) is 2.71. The molecule has 3 heteroatoms. The molecule has 1 aliphatic rings. The van der Waals surface area contributed by atoms with Crippen LogP contribution >= 0.6 is 0 Å². The fourth-order valence-corrected chi connectivity index (χ4v) is 2.71. The van der Waals surface area contributed by atoms with Crippen LogP contribution in [0.1, 0.15) is 57.7 Å². The minimum Gasteiger partial charge on any atom is -0.327 e. The van der Waals surface area contributed by atoms with Gasteiger partial charge in [-0.3, -0.25) is 4.68 Å². The Morgan fingerprint density at radius 3 is 2.82 bits per heavy atom. The van der Waals surface area contributed by atoms with Crippen molar-refractivity contribution in [2.75, 3.05) is 0 Å². The van der Waals surface area contributed by atoms with E-state index in [-0.39, 0.29) is 0 Å². The smallest absolute Gasteiger partial charge is 0.0628 e. The summed E-state index contributed by atoms with van der Waals surface area (Å²) in [5, 5.41) is 4.63. The lowest BCUT2D eigenvalue weighted by molar-refractivity contribution is 0.389. The molecule has 1 saturated carbocycles. The Morgan fingerprint density at radius 2 is 2.12 bits per heavy atom. The molecule has 2 unspecified atom stereocenters. The van der Waals surface area contributed by atoms with Crippen molar-refractivity contribution >= 4 is 0 Å². The second kappa shape index (κ2) is 5.67. The number of nitrogens with zero attached hydrogens (tertiary/aromatic N) is 2. The van der Waals surface area contributed by atoms with Crippen molar-refractivity contribution in [2.24, 2.45) is 11.7 Å². The van der Waals surface area contributed by atoms with Gasteiger partial charge in [-0.1, -0.05) is 19.3 Å². The molecule has 17 heavy (non-hydrogen) atoms. The largest absolute Gasteiger partial charge is 0.327 e. The van der Waals surface area contributed by atoms with E-state index in [1.165, 1.54) is 37.8 Å². The molecule has 0 spiro atoms. The Labute approximate surface area is 104 Å². The van der Waals surface area contributed by atoms with Crippen LogP contribution in [0.3, 0.4) is 0 Å². The predicted molar refractivity (Wildman–Crippen MR) is 70.9 cm³/mol. The minimum atomic E-state index is 0.377. The van der Waals surface area contributed by atoms with Gasteiger partial charge < -0.3 is 5.73 Å². The maximum absolute atomic E-state index is 6.26. The topological polar surface area (TPSA) is 43.8 Å². The zero-order valence-electron chi connectivity index (χ0n) is 11.1. The van der Waals surface area contributed by atoms with Crippen molar-refractivity contribution in [1.82, 2.24) is 9.78 Å². The van der Waals surface area contributed by atoms with E-state index in [1.54, 1.807) is 0 Å². The summed E-state index contributed by atoms with van der Waals surface area (Å²) in [6.07, 6.45) is 9.60. The molecule has 3 nitrogen and oxygen atoms in total. The van der Waals surface area contributed by atoms with E-state index in [4.69, 9.17) is 5.73 Å². The molecule has 1 aliphatic carbocycles. The Bertz CT molecular complexity index is 343. The molecule has 0 saturated heterocycles. The summed E-state index contributed by atoms with van der Waals surface area (Å²) in [5.41, 5.74) is 7.47. The minimum absolute atomic E-state index is 0.377. The van der Waals surface area contributed by atoms with Gasteiger partial charge in [-0.2, -0.15) is 5.10 Å². The third-order valence-corrected chi connectivity index (χ3v) is 3.88. The van der Waals surface area contributed by atoms with Gasteiger partial charge in [-0.15, -0.1) is 0 Å². The standard InChI is InChI=1S/C14H25N3/c1-11(2)17-9-8-13(16-17)10-12-6-4-3-5-7-14(12)15/h8-9,11-12,14H,3-7,10,15H2,1-2H3. The Morgan fingerprint density at radius 1 is 1.35 bits per heavy atom. The third-order valence-electron chi connectivity index (χ3n) is 3.88. The number of hydrogen-bond acceptors (Lipinski definition) is 2. The molecule has 0 radical (unpaired) electrons. The monoisotopic (exact) mass is 235 g/mol. The van der Waals surface area contributed by atoms with Crippen LogP contribution in [-0.2, 0) is 6.42 Å². The first-order chi connectivity index (χ1) is 8.16. The lowest BCUT2D eigenvalue weighted by Crippen LogP contribution is -2.30. The van der Waals surface area contributed by atoms with Crippen LogP contribution < -0.4 is 5.73 Å². The van der Waals surface area contributed by atoms with Gasteiger partial charge >= 0.3 is 0 Å². The van der Waals surface area contributed by atoms with Crippen LogP contribution in [0.4, 0.5) is 0 Å². The second-order valence-corrected chi connectivity index (χ2v) is 5.65. The maximum atomic E-state index is 6.26. The van der Waals surface area contributed by atoms with Gasteiger partial charge in [0.1, 0.15) is 0 Å². The van der Waals surface area contributed by atoms with Gasteiger partial charge in [0.15, 0.2) is 0 Å². The second-order valence-electron chi connectivity index (χ2n) is 5.65. The van der Waals surface area contributed by atoms with Crippen molar-refractivity contribution in [3.8, 4) is 0 Å². The highest BCUT2D eigenvalue weighted by atomic mass is 15.3. The molecule has 2 rings (SSSR count). The fraction of sp³-hybridized carbons (Fsp3) is 0.786. The van der Waals surface area contributed by atoms with E-state index in [0.717, 1.165) is 6.42 Å². The van der Waals surface area contributed by atoms with Gasteiger partial charge in [-0.25, -0.2) is 0 Å². The number of hydrogen-bond donors (Lipinski definition) is 1. The molecule has 0 aliphatic heterocycles. The van der Waals surface area contributed by atoms with E-state index in [0.29, 0.717) is 18.0 Å². The molecule has 0 amide bonds. The van der Waals surface area contributed by atoms with Gasteiger partial charge in [0.25, 0.3) is 0 Å². The Kier molecular flexibility index (Phi) is 4.21. The summed E-state index contributed by atoms with van der Waals surface area (Å²) in [6, 6.07) is 2.98. The first kappa shape index (κ1) is 12.6. The quantitative estimate of drug-likeness (QED) is 0.819. The molecule has 1 fully saturated rings. The summed E-state index contributed by atoms with van der Waals surface area (Å²) in [6.45, 7) is 4.32. The SMILES string of the molecule is CC(C)n1ccc(CC2CCCCCC2N)n1. The van der Waals surface area contributed by atoms with Gasteiger partial charge in [0.05, 0.1) is 5.69 Å². The molecule has 0 bridgehead atoms. The lowest BCUT2D eigenvalue weighted by atomic mass is 9.91. The molecule has 0 aromatic carbocycles. The normalized spacial score (nSPS) is 26.1. The highest BCUT2D eigenvalue weighted by Gasteiger charge is 2.21. The van der Waals surface area contributed by atoms with Crippen molar-refractivity contribution in [3.05, 3.63) is 18.0 Å². The van der Waals surface area contributed by atoms with Crippen molar-refractivity contribution < 1.29 is 0 Å². The van der Waals surface area contributed by atoms with Gasteiger partial charge in [0, 0.05) is 18.3 Å². The predicted octanol–water partition coefficient (Wildman–Crippen LogP) is 2.91. The highest BCUT2D eigenvalue weighted by molar-refractivity contribution is 5.02. The van der Waals surface area contributed by atoms with Crippen LogP contribution in [0.5, 0.6) is 0 Å². The van der Waals surface area contributed by atoms with Crippen molar-refractivity contribution in [3.63, 3.8) is 0 Å². The van der Waals surface area contributed by atoms with Crippen molar-refractivity contribution in [2.45, 2.75) is 64.5 Å². The highest BCUT2D eigenvalue weighted by Crippen LogP contribution is 2.25. The first-order valence-corrected chi connectivity index (χ1v) is 6.96. The van der Waals surface area contributed by atoms with E-state index in [9.17, 15) is 0 Å². The molecule has 1 aromatic rings. The first-order valence-electron chi connectivity index (χ1n) is 6.96. The third kappa shape index (κ3) is 3.32. The number of nitrogens with two attached hydrogens (primary N) is 1. The van der Waals surface area contributed by atoms with E-state index in [2.05, 4.69) is 31.2 Å². The van der Waals surface area contributed by atoms with Crippen LogP contribution in [0.2, 0.25) is 0 Å². The van der Waals surface area contributed by atoms with E-state index >= 15 is 0 Å². The Hall–Kier alpha value is -0.830. The average molecular weight is 235 g/mol. The molecular formula is C14H25N3. The van der Waals surface area contributed by atoms with E-state index in [1.807, 2.05) is 4.68 Å². The summed E-state index contributed by atoms with van der Waals surface area (Å²) < 4.78 is 2.04. The summed E-state index contributed by atoms with van der Waals surface area (Å²) in [4.78, 5) is 0. The molecular weight excluding hydrogens is 210 g/mol. The van der Waals surface area contributed by atoms with Crippen LogP contribution in [-0.4, -0.2) is 15.8 Å². The Balaban J connectivity index is 1.98. The molecule has 1 aromatic heterocycles. The average Bonchev–Trinajstić information content (AvgIpc) is 2.66. The maximum Gasteiger partial charge on any atom is 0.0628 e. The number of aromatic nitrogens is 2. The summed E-state index contributed by atoms with van der Waals surface area (Å²) >= 11 is 0. The summed E-state index contributed by atoms with van der Waals surface area (Å²) in [7, 11) is 0. The summed E-state index contributed by atoms with van der Waals surface area (Å²) in [5.74, 6) is 0.632. The molecule has 1 heterocycles. The molecule has 2 atom stereocenters. The lowest BCUT2D eigenvalue weighted by Gasteiger charge is -2.20. The van der Waals surface area contributed by atoms with E-state index < -0.39 is 0 Å². The number of rotatable bonds is 3. The zero-order valence-corrected chi connectivity index (χ0v) is 11.1. The van der Waals surface area contributed by atoms with Gasteiger partial charge in [-0.05, 0) is 45.1 Å².